The Balaban J connectivity index is 3.28. The van der Waals surface area contributed by atoms with Crippen molar-refractivity contribution >= 4 is 59.3 Å². The molecule has 0 aromatic carbocycles. The first-order valence-electron chi connectivity index (χ1n) is 18.1. The van der Waals surface area contributed by atoms with Crippen LogP contribution in [-0.2, 0) is 43.2 Å². The fraction of sp³-hybridized carbons (Fsp3) is 0.688. The van der Waals surface area contributed by atoms with E-state index >= 15 is 0 Å². The molecule has 7 atom stereocenters. The van der Waals surface area contributed by atoms with E-state index < -0.39 is 128 Å². The Bertz CT molecular complexity index is 1460. The first-order chi connectivity index (χ1) is 26.9. The van der Waals surface area contributed by atoms with Crippen molar-refractivity contribution in [1.82, 2.24) is 31.5 Å². The zero-order valence-corrected chi connectivity index (χ0v) is 31.3. The number of carboxylic acids is 3. The van der Waals surface area contributed by atoms with Crippen LogP contribution in [0.3, 0.4) is 0 Å². The SMILES string of the molecule is NCCCC[C@H](N)C(=O)N[C@@H](CC(=O)O)C(=O)N[C@@H](CO)C(=O)N[C@@H](CCC(=O)O)C(=O)N[C@@H](CCCN=C(N)N)C(=O)N1CCC[C@H]1C(=O)N[C@@H](CO)C(=O)O. The number of aliphatic hydroxyl groups excluding tert-OH is 2. The molecule has 1 fully saturated rings. The van der Waals surface area contributed by atoms with Gasteiger partial charge in [-0.25, -0.2) is 4.79 Å². The van der Waals surface area contributed by atoms with E-state index in [1.165, 1.54) is 0 Å². The van der Waals surface area contributed by atoms with Crippen LogP contribution < -0.4 is 49.5 Å². The van der Waals surface area contributed by atoms with Gasteiger partial charge in [0.25, 0.3) is 0 Å². The number of nitrogens with two attached hydrogens (primary N) is 4. The molecule has 1 heterocycles. The number of nitrogens with one attached hydrogen (secondary N) is 5. The van der Waals surface area contributed by atoms with Gasteiger partial charge in [-0.05, 0) is 51.5 Å². The minimum Gasteiger partial charge on any atom is -0.481 e. The summed E-state index contributed by atoms with van der Waals surface area (Å²) in [5.74, 6) is -10.8. The number of guanidine groups is 1. The molecule has 0 unspecified atom stereocenters. The van der Waals surface area contributed by atoms with Gasteiger partial charge in [0.2, 0.25) is 35.4 Å². The van der Waals surface area contributed by atoms with Crippen molar-refractivity contribution in [3.8, 4) is 0 Å². The van der Waals surface area contributed by atoms with Gasteiger partial charge in [0.05, 0.1) is 25.7 Å². The molecule has 1 aliphatic rings. The molecule has 25 heteroatoms. The number of amides is 6. The normalized spacial score (nSPS) is 16.7. The van der Waals surface area contributed by atoms with Crippen LogP contribution in [0.4, 0.5) is 0 Å². The summed E-state index contributed by atoms with van der Waals surface area (Å²) in [5, 5.41) is 58.3. The lowest BCUT2D eigenvalue weighted by molar-refractivity contribution is -0.146. The van der Waals surface area contributed by atoms with Gasteiger partial charge < -0.3 is 80.0 Å². The summed E-state index contributed by atoms with van der Waals surface area (Å²) in [6.45, 7) is -1.71. The van der Waals surface area contributed by atoms with E-state index in [0.29, 0.717) is 25.8 Å². The molecule has 0 spiro atoms. The minimum absolute atomic E-state index is 0.00859. The van der Waals surface area contributed by atoms with Crippen LogP contribution in [0.2, 0.25) is 0 Å². The molecule has 1 aliphatic heterocycles. The van der Waals surface area contributed by atoms with Gasteiger partial charge in [-0.3, -0.25) is 43.3 Å². The van der Waals surface area contributed by atoms with Gasteiger partial charge in [-0.15, -0.1) is 0 Å². The summed E-state index contributed by atoms with van der Waals surface area (Å²) < 4.78 is 0. The Hall–Kier alpha value is -5.66. The number of hydrogen-bond donors (Lipinski definition) is 14. The molecular weight excluding hydrogens is 762 g/mol. The average Bonchev–Trinajstić information content (AvgIpc) is 3.64. The topological polar surface area (TPSA) is 435 Å². The molecular formula is C32H55N11O14. The zero-order valence-electron chi connectivity index (χ0n) is 31.3. The third kappa shape index (κ3) is 17.8. The number of hydrogen-bond acceptors (Lipinski definition) is 14. The highest BCUT2D eigenvalue weighted by atomic mass is 16.4. The average molecular weight is 818 g/mol. The Morgan fingerprint density at radius 1 is 0.684 bits per heavy atom. The molecule has 0 aliphatic carbocycles. The van der Waals surface area contributed by atoms with Crippen LogP contribution in [0.5, 0.6) is 0 Å². The van der Waals surface area contributed by atoms with E-state index in [0.717, 1.165) is 4.90 Å². The van der Waals surface area contributed by atoms with E-state index in [9.17, 15) is 68.7 Å². The third-order valence-electron chi connectivity index (χ3n) is 8.61. The van der Waals surface area contributed by atoms with Crippen molar-refractivity contribution in [2.75, 3.05) is 32.8 Å². The Kier molecular flexibility index (Phi) is 22.1. The van der Waals surface area contributed by atoms with Gasteiger partial charge in [0.15, 0.2) is 5.96 Å². The van der Waals surface area contributed by atoms with Crippen LogP contribution in [0.1, 0.15) is 64.2 Å². The molecule has 322 valence electrons. The lowest BCUT2D eigenvalue weighted by Crippen LogP contribution is -2.60. The van der Waals surface area contributed by atoms with Crippen molar-refractivity contribution < 1.29 is 68.7 Å². The molecule has 6 amide bonds. The van der Waals surface area contributed by atoms with Gasteiger partial charge in [-0.2, -0.15) is 0 Å². The summed E-state index contributed by atoms with van der Waals surface area (Å²) in [7, 11) is 0. The van der Waals surface area contributed by atoms with E-state index in [1.807, 2.05) is 0 Å². The van der Waals surface area contributed by atoms with Gasteiger partial charge >= 0.3 is 17.9 Å². The summed E-state index contributed by atoms with van der Waals surface area (Å²) in [5.41, 5.74) is 22.0. The number of aliphatic hydroxyl groups is 2. The number of aliphatic imine (C=N–C) groups is 1. The van der Waals surface area contributed by atoms with Gasteiger partial charge in [-0.1, -0.05) is 6.42 Å². The van der Waals surface area contributed by atoms with Crippen LogP contribution in [0.25, 0.3) is 0 Å². The molecule has 0 bridgehead atoms. The fourth-order valence-electron chi connectivity index (χ4n) is 5.57. The maximum absolute atomic E-state index is 13.9. The maximum atomic E-state index is 13.9. The van der Waals surface area contributed by atoms with E-state index in [1.54, 1.807) is 0 Å². The maximum Gasteiger partial charge on any atom is 0.328 e. The van der Waals surface area contributed by atoms with Crippen LogP contribution >= 0.6 is 0 Å². The summed E-state index contributed by atoms with van der Waals surface area (Å²) in [6, 6.07) is -10.8. The van der Waals surface area contributed by atoms with Crippen molar-refractivity contribution in [2.45, 2.75) is 107 Å². The largest absolute Gasteiger partial charge is 0.481 e. The molecule has 0 radical (unpaired) electrons. The first-order valence-corrected chi connectivity index (χ1v) is 18.1. The van der Waals surface area contributed by atoms with Crippen molar-refractivity contribution in [3.63, 3.8) is 0 Å². The predicted octanol–water partition coefficient (Wildman–Crippen LogP) is -6.68. The second-order valence-corrected chi connectivity index (χ2v) is 13.1. The Morgan fingerprint density at radius 2 is 1.26 bits per heavy atom. The molecule has 1 saturated heterocycles. The number of nitrogens with zero attached hydrogens (tertiary/aromatic N) is 2. The highest BCUT2D eigenvalue weighted by molar-refractivity contribution is 5.98. The van der Waals surface area contributed by atoms with E-state index in [-0.39, 0.29) is 44.7 Å². The smallest absolute Gasteiger partial charge is 0.328 e. The van der Waals surface area contributed by atoms with Gasteiger partial charge in [0.1, 0.15) is 36.3 Å². The summed E-state index contributed by atoms with van der Waals surface area (Å²) >= 11 is 0. The summed E-state index contributed by atoms with van der Waals surface area (Å²) in [6.07, 6.45) is -0.682. The van der Waals surface area contributed by atoms with Gasteiger partial charge in [0, 0.05) is 19.5 Å². The van der Waals surface area contributed by atoms with Crippen molar-refractivity contribution in [1.29, 1.82) is 0 Å². The van der Waals surface area contributed by atoms with Crippen LogP contribution in [0, 0.1) is 0 Å². The molecule has 25 nitrogen and oxygen atoms in total. The van der Waals surface area contributed by atoms with Crippen LogP contribution in [-0.4, -0.2) is 165 Å². The highest BCUT2D eigenvalue weighted by Gasteiger charge is 2.40. The fourth-order valence-corrected chi connectivity index (χ4v) is 5.57. The molecule has 0 aromatic rings. The second kappa shape index (κ2) is 25.5. The lowest BCUT2D eigenvalue weighted by Gasteiger charge is -2.30. The third-order valence-corrected chi connectivity index (χ3v) is 8.61. The second-order valence-electron chi connectivity index (χ2n) is 13.1. The highest BCUT2D eigenvalue weighted by Crippen LogP contribution is 2.20. The molecule has 57 heavy (non-hydrogen) atoms. The Labute approximate surface area is 326 Å². The quantitative estimate of drug-likeness (QED) is 0.0208. The number of aliphatic carboxylic acids is 3. The zero-order chi connectivity index (χ0) is 43.2. The number of unbranched alkanes of at least 4 members (excludes halogenated alkanes) is 1. The molecule has 0 saturated carbocycles. The number of carbonyl (C=O) groups is 9. The van der Waals surface area contributed by atoms with Crippen molar-refractivity contribution in [2.24, 2.45) is 27.9 Å². The predicted molar refractivity (Wildman–Crippen MR) is 196 cm³/mol. The molecule has 0 aromatic heterocycles. The first kappa shape index (κ1) is 49.4. The monoisotopic (exact) mass is 817 g/mol. The van der Waals surface area contributed by atoms with E-state index in [2.05, 4.69) is 31.6 Å². The number of carbonyl (C=O) groups excluding carboxylic acids is 6. The molecule has 1 rings (SSSR count). The standard InChI is InChI=1S/C32H55N11O14/c33-10-2-1-5-16(34)25(50)40-19(13-24(48)49)27(52)41-20(14-44)28(53)38-17(8-9-23(46)47)26(51)39-18(6-3-11-37-32(35)36)30(55)43-12-4-7-22(43)29(54)42-21(15-45)31(56)57/h16-22,44-45H,1-15,33-34H2,(H,38,53)(H,39,51)(H,40,50)(H,41,52)(H,42,54)(H,46,47)(H,48,49)(H,56,57)(H4,35,36,37)/t16-,17-,18-,19-,20-,21-,22-/m0/s1. The van der Waals surface area contributed by atoms with E-state index in [4.69, 9.17) is 22.9 Å². The number of likely N-dealkylation sites (tertiary alicyclic amines) is 1. The number of carboxylic acid groups (broad SMARTS) is 3. The lowest BCUT2D eigenvalue weighted by atomic mass is 10.1. The minimum atomic E-state index is -1.86. The van der Waals surface area contributed by atoms with Crippen LogP contribution in [0.15, 0.2) is 4.99 Å². The van der Waals surface area contributed by atoms with Crippen molar-refractivity contribution in [3.05, 3.63) is 0 Å². The molecule has 18 N–H and O–H groups in total. The Morgan fingerprint density at radius 3 is 1.82 bits per heavy atom. The number of rotatable bonds is 27. The summed E-state index contributed by atoms with van der Waals surface area (Å²) in [4.78, 5) is 119.